The molecule has 2 atom stereocenters. The number of likely N-dealkylation sites (tertiary alicyclic amines) is 1. The Labute approximate surface area is 78.9 Å². The van der Waals surface area contributed by atoms with E-state index in [2.05, 4.69) is 24.1 Å². The maximum absolute atomic E-state index is 8.78. The normalized spacial score (nSPS) is 30.4. The molecule has 0 amide bonds. The Hall–Kier alpha value is -0.200. The van der Waals surface area contributed by atoms with Crippen molar-refractivity contribution in [1.29, 1.82) is 5.26 Å². The molecule has 0 saturated carbocycles. The van der Waals surface area contributed by atoms with E-state index in [0.717, 1.165) is 19.5 Å². The standard InChI is InChI=1S/C9H16N2S/c1-3-11-6-8(5-10)4-9(11)7-12-2/h8-9H,3-4,6-7H2,1-2H3/t8-,9+/m1/s1. The maximum Gasteiger partial charge on any atom is 0.0669 e. The number of thioether (sulfide) groups is 1. The summed E-state index contributed by atoms with van der Waals surface area (Å²) in [5.74, 6) is 1.45. The van der Waals surface area contributed by atoms with Gasteiger partial charge in [-0.1, -0.05) is 6.92 Å². The molecule has 1 rings (SSSR count). The second-order valence-corrected chi connectivity index (χ2v) is 4.17. The molecule has 2 nitrogen and oxygen atoms in total. The monoisotopic (exact) mass is 184 g/mol. The van der Waals surface area contributed by atoms with Gasteiger partial charge in [0, 0.05) is 18.3 Å². The van der Waals surface area contributed by atoms with Crippen molar-refractivity contribution in [2.45, 2.75) is 19.4 Å². The highest BCUT2D eigenvalue weighted by Crippen LogP contribution is 2.24. The molecule has 0 aromatic rings. The molecule has 12 heavy (non-hydrogen) atoms. The zero-order chi connectivity index (χ0) is 8.97. The molecule has 3 heteroatoms. The van der Waals surface area contributed by atoms with Crippen molar-refractivity contribution in [2.24, 2.45) is 5.92 Å². The minimum Gasteiger partial charge on any atom is -0.298 e. The fourth-order valence-corrected chi connectivity index (χ4v) is 2.56. The van der Waals surface area contributed by atoms with E-state index >= 15 is 0 Å². The molecule has 0 spiro atoms. The third-order valence-electron chi connectivity index (χ3n) is 2.48. The van der Waals surface area contributed by atoms with Crippen LogP contribution in [-0.2, 0) is 0 Å². The molecule has 1 fully saturated rings. The van der Waals surface area contributed by atoms with Crippen LogP contribution in [0.5, 0.6) is 0 Å². The highest BCUT2D eigenvalue weighted by atomic mass is 32.2. The smallest absolute Gasteiger partial charge is 0.0669 e. The van der Waals surface area contributed by atoms with E-state index in [-0.39, 0.29) is 5.92 Å². The van der Waals surface area contributed by atoms with Crippen LogP contribution >= 0.6 is 11.8 Å². The van der Waals surface area contributed by atoms with Crippen molar-refractivity contribution < 1.29 is 0 Å². The Morgan fingerprint density at radius 3 is 2.92 bits per heavy atom. The van der Waals surface area contributed by atoms with Crippen LogP contribution in [0.3, 0.4) is 0 Å². The number of hydrogen-bond donors (Lipinski definition) is 0. The molecular formula is C9H16N2S. The fourth-order valence-electron chi connectivity index (χ4n) is 1.83. The van der Waals surface area contributed by atoms with Crippen molar-refractivity contribution in [3.63, 3.8) is 0 Å². The van der Waals surface area contributed by atoms with Gasteiger partial charge < -0.3 is 0 Å². The lowest BCUT2D eigenvalue weighted by Crippen LogP contribution is -2.30. The Morgan fingerprint density at radius 1 is 1.67 bits per heavy atom. The third kappa shape index (κ3) is 2.15. The van der Waals surface area contributed by atoms with Crippen LogP contribution in [0.4, 0.5) is 0 Å². The number of rotatable bonds is 3. The fraction of sp³-hybridized carbons (Fsp3) is 0.889. The molecular weight excluding hydrogens is 168 g/mol. The SMILES string of the molecule is CCN1C[C@@H](C#N)C[C@H]1CSC. The number of nitriles is 1. The third-order valence-corrected chi connectivity index (χ3v) is 3.19. The summed E-state index contributed by atoms with van der Waals surface area (Å²) in [6.07, 6.45) is 3.21. The summed E-state index contributed by atoms with van der Waals surface area (Å²) in [7, 11) is 0. The van der Waals surface area contributed by atoms with Crippen molar-refractivity contribution in [1.82, 2.24) is 4.90 Å². The Balaban J connectivity index is 2.45. The van der Waals surface area contributed by atoms with Gasteiger partial charge in [0.05, 0.1) is 12.0 Å². The van der Waals surface area contributed by atoms with Crippen LogP contribution in [0.1, 0.15) is 13.3 Å². The summed E-state index contributed by atoms with van der Waals surface area (Å²) in [4.78, 5) is 2.42. The molecule has 1 aliphatic rings. The van der Waals surface area contributed by atoms with Crippen molar-refractivity contribution in [2.75, 3.05) is 25.1 Å². The summed E-state index contributed by atoms with van der Waals surface area (Å²) in [5.41, 5.74) is 0. The molecule has 1 saturated heterocycles. The summed E-state index contributed by atoms with van der Waals surface area (Å²) >= 11 is 1.88. The van der Waals surface area contributed by atoms with Gasteiger partial charge in [-0.3, -0.25) is 4.90 Å². The predicted molar refractivity (Wildman–Crippen MR) is 53.1 cm³/mol. The van der Waals surface area contributed by atoms with Crippen LogP contribution in [-0.4, -0.2) is 36.0 Å². The van der Waals surface area contributed by atoms with Gasteiger partial charge in [0.1, 0.15) is 0 Å². The Kier molecular flexibility index (Phi) is 3.90. The largest absolute Gasteiger partial charge is 0.298 e. The highest BCUT2D eigenvalue weighted by molar-refractivity contribution is 7.98. The van der Waals surface area contributed by atoms with Gasteiger partial charge in [0.25, 0.3) is 0 Å². The molecule has 0 bridgehead atoms. The van der Waals surface area contributed by atoms with E-state index in [9.17, 15) is 0 Å². The molecule has 0 N–H and O–H groups in total. The van der Waals surface area contributed by atoms with Crippen molar-refractivity contribution >= 4 is 11.8 Å². The topological polar surface area (TPSA) is 27.0 Å². The first kappa shape index (κ1) is 9.88. The van der Waals surface area contributed by atoms with Gasteiger partial charge in [-0.15, -0.1) is 0 Å². The number of hydrogen-bond acceptors (Lipinski definition) is 3. The molecule has 1 aliphatic heterocycles. The Bertz CT molecular complexity index is 176. The first-order chi connectivity index (χ1) is 5.81. The first-order valence-electron chi connectivity index (χ1n) is 4.44. The van der Waals surface area contributed by atoms with Crippen molar-refractivity contribution in [3.8, 4) is 6.07 Å². The van der Waals surface area contributed by atoms with Gasteiger partial charge in [-0.05, 0) is 19.2 Å². The van der Waals surface area contributed by atoms with E-state index < -0.39 is 0 Å². The lowest BCUT2D eigenvalue weighted by molar-refractivity contribution is 0.285. The molecule has 0 aromatic heterocycles. The van der Waals surface area contributed by atoms with Crippen molar-refractivity contribution in [3.05, 3.63) is 0 Å². The van der Waals surface area contributed by atoms with Gasteiger partial charge in [0.15, 0.2) is 0 Å². The highest BCUT2D eigenvalue weighted by Gasteiger charge is 2.30. The van der Waals surface area contributed by atoms with E-state index in [1.807, 2.05) is 11.8 Å². The van der Waals surface area contributed by atoms with Gasteiger partial charge >= 0.3 is 0 Å². The second-order valence-electron chi connectivity index (χ2n) is 3.26. The lowest BCUT2D eigenvalue weighted by atomic mass is 10.1. The Morgan fingerprint density at radius 2 is 2.42 bits per heavy atom. The maximum atomic E-state index is 8.78. The minimum absolute atomic E-state index is 0.280. The molecule has 0 radical (unpaired) electrons. The van der Waals surface area contributed by atoms with Crippen LogP contribution in [0.15, 0.2) is 0 Å². The molecule has 1 heterocycles. The second kappa shape index (κ2) is 4.74. The van der Waals surface area contributed by atoms with E-state index in [1.54, 1.807) is 0 Å². The van der Waals surface area contributed by atoms with Gasteiger partial charge in [-0.25, -0.2) is 0 Å². The lowest BCUT2D eigenvalue weighted by Gasteiger charge is -2.21. The number of nitrogens with zero attached hydrogens (tertiary/aromatic N) is 2. The molecule has 0 aliphatic carbocycles. The van der Waals surface area contributed by atoms with E-state index in [1.165, 1.54) is 5.75 Å². The van der Waals surface area contributed by atoms with Gasteiger partial charge in [-0.2, -0.15) is 17.0 Å². The van der Waals surface area contributed by atoms with Gasteiger partial charge in [0.2, 0.25) is 0 Å². The summed E-state index contributed by atoms with van der Waals surface area (Å²) in [6, 6.07) is 3.01. The van der Waals surface area contributed by atoms with Crippen LogP contribution in [0, 0.1) is 17.2 Å². The van der Waals surface area contributed by atoms with Crippen LogP contribution < -0.4 is 0 Å². The molecule has 68 valence electrons. The quantitative estimate of drug-likeness (QED) is 0.666. The summed E-state index contributed by atoms with van der Waals surface area (Å²) in [6.45, 7) is 4.24. The van der Waals surface area contributed by atoms with E-state index in [0.29, 0.717) is 6.04 Å². The predicted octanol–water partition coefficient (Wildman–Crippen LogP) is 1.58. The zero-order valence-corrected chi connectivity index (χ0v) is 8.60. The molecule has 0 aromatic carbocycles. The molecule has 0 unspecified atom stereocenters. The van der Waals surface area contributed by atoms with Crippen LogP contribution in [0.2, 0.25) is 0 Å². The first-order valence-corrected chi connectivity index (χ1v) is 5.83. The average molecular weight is 184 g/mol. The zero-order valence-electron chi connectivity index (χ0n) is 7.79. The summed E-state index contributed by atoms with van der Waals surface area (Å²) < 4.78 is 0. The van der Waals surface area contributed by atoms with E-state index in [4.69, 9.17) is 5.26 Å². The average Bonchev–Trinajstić information content (AvgIpc) is 2.48. The summed E-state index contributed by atoms with van der Waals surface area (Å²) in [5, 5.41) is 8.78. The van der Waals surface area contributed by atoms with Crippen LogP contribution in [0.25, 0.3) is 0 Å². The minimum atomic E-state index is 0.280.